The molecule has 98 valence electrons. The van der Waals surface area contributed by atoms with E-state index in [0.29, 0.717) is 17.9 Å². The molecule has 0 aromatic rings. The van der Waals surface area contributed by atoms with Gasteiger partial charge < -0.3 is 10.6 Å². The summed E-state index contributed by atoms with van der Waals surface area (Å²) < 4.78 is 0. The molecule has 1 aliphatic carbocycles. The molecule has 0 aromatic heterocycles. The number of amides is 1. The molecule has 1 heterocycles. The number of carbonyl (C=O) groups is 1. The fourth-order valence-corrected chi connectivity index (χ4v) is 3.12. The molecular weight excluding hydrogens is 212 g/mol. The summed E-state index contributed by atoms with van der Waals surface area (Å²) in [6.07, 6.45) is 7.21. The number of hydrogen-bond acceptors (Lipinski definition) is 2. The maximum atomic E-state index is 12.2. The van der Waals surface area contributed by atoms with Gasteiger partial charge >= 0.3 is 0 Å². The topological polar surface area (TPSA) is 41.1 Å². The minimum Gasteiger partial charge on any atom is -0.352 e. The third kappa shape index (κ3) is 3.44. The van der Waals surface area contributed by atoms with Crippen molar-refractivity contribution >= 4 is 5.91 Å². The number of nitrogens with one attached hydrogen (secondary N) is 2. The Kier molecular flexibility index (Phi) is 4.43. The Morgan fingerprint density at radius 3 is 2.65 bits per heavy atom. The van der Waals surface area contributed by atoms with Gasteiger partial charge in [-0.25, -0.2) is 0 Å². The molecule has 4 unspecified atom stereocenters. The molecule has 17 heavy (non-hydrogen) atoms. The van der Waals surface area contributed by atoms with Gasteiger partial charge in [0.2, 0.25) is 5.91 Å². The largest absolute Gasteiger partial charge is 0.352 e. The van der Waals surface area contributed by atoms with Gasteiger partial charge in [0, 0.05) is 6.04 Å². The lowest BCUT2D eigenvalue weighted by Gasteiger charge is -2.33. The standard InChI is InChI=1S/C14H26N2O/c1-10-7-8-15-13(9-10)14(17)16-12-6-4-3-5-11(12)2/h10-13,15H,3-9H2,1-2H3,(H,16,17). The number of hydrogen-bond donors (Lipinski definition) is 2. The zero-order valence-corrected chi connectivity index (χ0v) is 11.2. The first-order valence-corrected chi connectivity index (χ1v) is 7.20. The van der Waals surface area contributed by atoms with E-state index in [1.807, 2.05) is 0 Å². The van der Waals surface area contributed by atoms with Gasteiger partial charge in [0.25, 0.3) is 0 Å². The van der Waals surface area contributed by atoms with Crippen molar-refractivity contribution in [3.63, 3.8) is 0 Å². The SMILES string of the molecule is CC1CCNC(C(=O)NC2CCCCC2C)C1. The summed E-state index contributed by atoms with van der Waals surface area (Å²) in [6.45, 7) is 5.49. The fraction of sp³-hybridized carbons (Fsp3) is 0.929. The lowest BCUT2D eigenvalue weighted by Crippen LogP contribution is -2.52. The molecule has 0 radical (unpaired) electrons. The third-order valence-corrected chi connectivity index (χ3v) is 4.42. The summed E-state index contributed by atoms with van der Waals surface area (Å²) in [5.41, 5.74) is 0. The van der Waals surface area contributed by atoms with Crippen molar-refractivity contribution < 1.29 is 4.79 Å². The summed E-state index contributed by atoms with van der Waals surface area (Å²) in [5, 5.41) is 6.60. The van der Waals surface area contributed by atoms with Crippen LogP contribution in [0.4, 0.5) is 0 Å². The highest BCUT2D eigenvalue weighted by molar-refractivity contribution is 5.82. The van der Waals surface area contributed by atoms with E-state index in [-0.39, 0.29) is 11.9 Å². The first kappa shape index (κ1) is 12.9. The highest BCUT2D eigenvalue weighted by Gasteiger charge is 2.28. The molecule has 2 rings (SSSR count). The summed E-state index contributed by atoms with van der Waals surface area (Å²) in [5.74, 6) is 1.56. The first-order valence-electron chi connectivity index (χ1n) is 7.20. The Bertz CT molecular complexity index is 267. The minimum atomic E-state index is 0.0490. The molecule has 2 N–H and O–H groups in total. The first-order chi connectivity index (χ1) is 8.16. The maximum Gasteiger partial charge on any atom is 0.237 e. The minimum absolute atomic E-state index is 0.0490. The van der Waals surface area contributed by atoms with E-state index < -0.39 is 0 Å². The monoisotopic (exact) mass is 238 g/mol. The van der Waals surface area contributed by atoms with E-state index in [1.165, 1.54) is 25.7 Å². The normalized spacial score (nSPS) is 38.7. The van der Waals surface area contributed by atoms with Crippen LogP contribution in [-0.4, -0.2) is 24.5 Å². The summed E-state index contributed by atoms with van der Waals surface area (Å²) in [7, 11) is 0. The zero-order chi connectivity index (χ0) is 12.3. The predicted octanol–water partition coefficient (Wildman–Crippen LogP) is 2.07. The molecule has 3 nitrogen and oxygen atoms in total. The Hall–Kier alpha value is -0.570. The van der Waals surface area contributed by atoms with Gasteiger partial charge in [-0.15, -0.1) is 0 Å². The number of carbonyl (C=O) groups excluding carboxylic acids is 1. The molecule has 0 aromatic carbocycles. The zero-order valence-electron chi connectivity index (χ0n) is 11.2. The van der Waals surface area contributed by atoms with Crippen LogP contribution in [0.25, 0.3) is 0 Å². The van der Waals surface area contributed by atoms with E-state index in [4.69, 9.17) is 0 Å². The fourth-order valence-electron chi connectivity index (χ4n) is 3.12. The molecule has 2 fully saturated rings. The van der Waals surface area contributed by atoms with Crippen molar-refractivity contribution in [2.24, 2.45) is 11.8 Å². The number of rotatable bonds is 2. The molecule has 2 aliphatic rings. The van der Waals surface area contributed by atoms with Gasteiger partial charge in [-0.1, -0.05) is 26.7 Å². The van der Waals surface area contributed by atoms with E-state index in [9.17, 15) is 4.79 Å². The molecule has 0 spiro atoms. The summed E-state index contributed by atoms with van der Waals surface area (Å²) >= 11 is 0. The van der Waals surface area contributed by atoms with E-state index >= 15 is 0 Å². The van der Waals surface area contributed by atoms with Crippen molar-refractivity contribution in [3.8, 4) is 0 Å². The molecule has 0 bridgehead atoms. The lowest BCUT2D eigenvalue weighted by atomic mass is 9.85. The van der Waals surface area contributed by atoms with Gasteiger partial charge in [0.15, 0.2) is 0 Å². The van der Waals surface area contributed by atoms with Crippen LogP contribution in [0.5, 0.6) is 0 Å². The van der Waals surface area contributed by atoms with Gasteiger partial charge in [0.05, 0.1) is 6.04 Å². The van der Waals surface area contributed by atoms with E-state index in [1.54, 1.807) is 0 Å². The van der Waals surface area contributed by atoms with Gasteiger partial charge in [-0.2, -0.15) is 0 Å². The second kappa shape index (κ2) is 5.85. The molecule has 4 atom stereocenters. The van der Waals surface area contributed by atoms with Crippen molar-refractivity contribution in [3.05, 3.63) is 0 Å². The quantitative estimate of drug-likeness (QED) is 0.773. The van der Waals surface area contributed by atoms with Crippen LogP contribution in [0, 0.1) is 11.8 Å². The van der Waals surface area contributed by atoms with Crippen LogP contribution in [-0.2, 0) is 4.79 Å². The van der Waals surface area contributed by atoms with Crippen molar-refractivity contribution in [1.82, 2.24) is 10.6 Å². The number of piperidine rings is 1. The Morgan fingerprint density at radius 2 is 1.94 bits per heavy atom. The summed E-state index contributed by atoms with van der Waals surface area (Å²) in [4.78, 5) is 12.2. The Labute approximate surface area is 105 Å². The van der Waals surface area contributed by atoms with Crippen LogP contribution >= 0.6 is 0 Å². The predicted molar refractivity (Wildman–Crippen MR) is 69.8 cm³/mol. The van der Waals surface area contributed by atoms with Gasteiger partial charge in [0.1, 0.15) is 0 Å². The Balaban J connectivity index is 1.83. The molecule has 1 saturated heterocycles. The average molecular weight is 238 g/mol. The smallest absolute Gasteiger partial charge is 0.237 e. The third-order valence-electron chi connectivity index (χ3n) is 4.42. The van der Waals surface area contributed by atoms with E-state index in [2.05, 4.69) is 24.5 Å². The summed E-state index contributed by atoms with van der Waals surface area (Å²) in [6, 6.07) is 0.461. The van der Waals surface area contributed by atoms with Crippen LogP contribution in [0.3, 0.4) is 0 Å². The van der Waals surface area contributed by atoms with Crippen LogP contribution in [0.1, 0.15) is 52.4 Å². The average Bonchev–Trinajstić information content (AvgIpc) is 2.32. The Morgan fingerprint density at radius 1 is 1.18 bits per heavy atom. The molecule has 1 saturated carbocycles. The van der Waals surface area contributed by atoms with Crippen molar-refractivity contribution in [2.45, 2.75) is 64.5 Å². The lowest BCUT2D eigenvalue weighted by molar-refractivity contribution is -0.125. The van der Waals surface area contributed by atoms with Crippen LogP contribution in [0.2, 0.25) is 0 Å². The highest BCUT2D eigenvalue weighted by Crippen LogP contribution is 2.24. The van der Waals surface area contributed by atoms with Crippen molar-refractivity contribution in [2.75, 3.05) is 6.54 Å². The molecule has 1 amide bonds. The maximum absolute atomic E-state index is 12.2. The molecular formula is C14H26N2O. The van der Waals surface area contributed by atoms with Crippen LogP contribution < -0.4 is 10.6 Å². The van der Waals surface area contributed by atoms with Crippen LogP contribution in [0.15, 0.2) is 0 Å². The van der Waals surface area contributed by atoms with Gasteiger partial charge in [-0.05, 0) is 44.1 Å². The van der Waals surface area contributed by atoms with E-state index in [0.717, 1.165) is 19.4 Å². The van der Waals surface area contributed by atoms with Crippen molar-refractivity contribution in [1.29, 1.82) is 0 Å². The van der Waals surface area contributed by atoms with Gasteiger partial charge in [-0.3, -0.25) is 4.79 Å². The highest BCUT2D eigenvalue weighted by atomic mass is 16.2. The molecule has 1 aliphatic heterocycles. The second-order valence-corrected chi connectivity index (χ2v) is 6.01. The second-order valence-electron chi connectivity index (χ2n) is 6.01. The molecule has 3 heteroatoms.